The molecular formula is C17H13Cl2FN4. The fraction of sp³-hybridized carbons (Fsp3) is 0.235. The lowest BCUT2D eigenvalue weighted by Gasteiger charge is -2.22. The van der Waals surface area contributed by atoms with Gasteiger partial charge in [0.2, 0.25) is 0 Å². The van der Waals surface area contributed by atoms with Crippen molar-refractivity contribution in [2.75, 3.05) is 18.0 Å². The molecule has 4 rings (SSSR count). The first-order valence-electron chi connectivity index (χ1n) is 7.66. The van der Waals surface area contributed by atoms with Crippen molar-refractivity contribution >= 4 is 40.2 Å². The molecule has 0 saturated carbocycles. The quantitative estimate of drug-likeness (QED) is 0.660. The van der Waals surface area contributed by atoms with Crippen molar-refractivity contribution in [1.82, 2.24) is 15.0 Å². The molecule has 1 fully saturated rings. The fourth-order valence-corrected chi connectivity index (χ4v) is 3.63. The number of rotatable bonds is 2. The van der Waals surface area contributed by atoms with Gasteiger partial charge in [0.15, 0.2) is 5.65 Å². The van der Waals surface area contributed by atoms with Gasteiger partial charge in [0.25, 0.3) is 0 Å². The summed E-state index contributed by atoms with van der Waals surface area (Å²) in [5.74, 6) is 0.174. The van der Waals surface area contributed by atoms with Gasteiger partial charge in [0.05, 0.1) is 10.0 Å². The molecule has 0 unspecified atom stereocenters. The van der Waals surface area contributed by atoms with Crippen molar-refractivity contribution in [3.05, 3.63) is 46.5 Å². The number of hydrogen-bond acceptors (Lipinski definition) is 4. The van der Waals surface area contributed by atoms with Crippen LogP contribution in [0.4, 0.5) is 10.2 Å². The zero-order valence-corrected chi connectivity index (χ0v) is 14.1. The minimum absolute atomic E-state index is 0.256. The molecule has 2 aromatic heterocycles. The number of pyridine rings is 1. The van der Waals surface area contributed by atoms with Crippen LogP contribution in [-0.4, -0.2) is 28.0 Å². The van der Waals surface area contributed by atoms with E-state index in [9.17, 15) is 4.39 Å². The SMILES string of the molecule is Fc1cccc(Cl)c1-c1c(N2CCCC2)nc2nccnc2c1Cl. The van der Waals surface area contributed by atoms with Crippen molar-refractivity contribution in [1.29, 1.82) is 0 Å². The summed E-state index contributed by atoms with van der Waals surface area (Å²) in [5, 5.41) is 0.615. The van der Waals surface area contributed by atoms with E-state index in [0.717, 1.165) is 25.9 Å². The van der Waals surface area contributed by atoms with Crippen molar-refractivity contribution < 1.29 is 4.39 Å². The monoisotopic (exact) mass is 362 g/mol. The lowest BCUT2D eigenvalue weighted by atomic mass is 10.0. The second-order valence-electron chi connectivity index (χ2n) is 5.64. The van der Waals surface area contributed by atoms with E-state index in [4.69, 9.17) is 23.2 Å². The number of anilines is 1. The molecule has 3 aromatic rings. The predicted molar refractivity (Wildman–Crippen MR) is 94.2 cm³/mol. The topological polar surface area (TPSA) is 41.9 Å². The first-order valence-corrected chi connectivity index (χ1v) is 8.42. The normalized spacial score (nSPS) is 14.5. The Morgan fingerprint density at radius 3 is 2.50 bits per heavy atom. The summed E-state index contributed by atoms with van der Waals surface area (Å²) < 4.78 is 14.6. The number of nitrogens with zero attached hydrogens (tertiary/aromatic N) is 4. The molecular weight excluding hydrogens is 350 g/mol. The van der Waals surface area contributed by atoms with E-state index in [1.807, 2.05) is 0 Å². The minimum Gasteiger partial charge on any atom is -0.356 e. The van der Waals surface area contributed by atoms with Crippen LogP contribution in [0, 0.1) is 5.82 Å². The van der Waals surface area contributed by atoms with Crippen LogP contribution in [0.5, 0.6) is 0 Å². The lowest BCUT2D eigenvalue weighted by molar-refractivity contribution is 0.631. The molecule has 0 bridgehead atoms. The van der Waals surface area contributed by atoms with Crippen molar-refractivity contribution in [2.24, 2.45) is 0 Å². The fourth-order valence-electron chi connectivity index (χ4n) is 3.06. The van der Waals surface area contributed by atoms with Crippen molar-refractivity contribution in [3.8, 4) is 11.1 Å². The summed E-state index contributed by atoms with van der Waals surface area (Å²) in [6, 6.07) is 4.58. The van der Waals surface area contributed by atoms with Gasteiger partial charge in [0, 0.05) is 36.6 Å². The van der Waals surface area contributed by atoms with Gasteiger partial charge in [-0.2, -0.15) is 0 Å². The summed E-state index contributed by atoms with van der Waals surface area (Å²) in [7, 11) is 0. The molecule has 0 N–H and O–H groups in total. The van der Waals surface area contributed by atoms with Gasteiger partial charge >= 0.3 is 0 Å². The molecule has 1 aliphatic rings. The Bertz CT molecular complexity index is 906. The highest BCUT2D eigenvalue weighted by Gasteiger charge is 2.26. The second-order valence-corrected chi connectivity index (χ2v) is 6.43. The standard InChI is InChI=1S/C17H13Cl2FN4/c18-10-4-3-5-11(20)12(10)13-14(19)15-16(22-7-6-21-15)23-17(13)24-8-1-2-9-24/h3-7H,1-2,8-9H2. The first kappa shape index (κ1) is 15.5. The van der Waals surface area contributed by atoms with Gasteiger partial charge < -0.3 is 4.90 Å². The number of fused-ring (bicyclic) bond motifs is 1. The van der Waals surface area contributed by atoms with Gasteiger partial charge in [-0.15, -0.1) is 0 Å². The van der Waals surface area contributed by atoms with Crippen LogP contribution in [0.15, 0.2) is 30.6 Å². The minimum atomic E-state index is -0.435. The Labute approximate surface area is 148 Å². The number of halogens is 3. The van der Waals surface area contributed by atoms with E-state index in [2.05, 4.69) is 19.9 Å². The molecule has 24 heavy (non-hydrogen) atoms. The second kappa shape index (κ2) is 6.15. The van der Waals surface area contributed by atoms with E-state index >= 15 is 0 Å². The third-order valence-corrected chi connectivity index (χ3v) is 4.84. The molecule has 1 aromatic carbocycles. The Hall–Kier alpha value is -1.98. The van der Waals surface area contributed by atoms with E-state index < -0.39 is 5.82 Å². The third kappa shape index (κ3) is 2.48. The Morgan fingerprint density at radius 1 is 1.00 bits per heavy atom. The molecule has 7 heteroatoms. The van der Waals surface area contributed by atoms with Crippen LogP contribution >= 0.6 is 23.2 Å². The van der Waals surface area contributed by atoms with E-state index in [1.165, 1.54) is 12.3 Å². The summed E-state index contributed by atoms with van der Waals surface area (Å²) >= 11 is 12.9. The highest BCUT2D eigenvalue weighted by Crippen LogP contribution is 2.43. The molecule has 0 spiro atoms. The zero-order valence-electron chi connectivity index (χ0n) is 12.6. The molecule has 1 saturated heterocycles. The molecule has 3 heterocycles. The average Bonchev–Trinajstić information content (AvgIpc) is 3.11. The van der Waals surface area contributed by atoms with Crippen LogP contribution in [0.2, 0.25) is 10.0 Å². The van der Waals surface area contributed by atoms with E-state index in [0.29, 0.717) is 32.6 Å². The number of benzene rings is 1. The van der Waals surface area contributed by atoms with E-state index in [1.54, 1.807) is 18.3 Å². The van der Waals surface area contributed by atoms with Crippen LogP contribution in [0.1, 0.15) is 12.8 Å². The van der Waals surface area contributed by atoms with E-state index in [-0.39, 0.29) is 5.56 Å². The molecule has 0 atom stereocenters. The number of hydrogen-bond donors (Lipinski definition) is 0. The summed E-state index contributed by atoms with van der Waals surface area (Å²) in [5.41, 5.74) is 1.62. The lowest BCUT2D eigenvalue weighted by Crippen LogP contribution is -2.20. The zero-order chi connectivity index (χ0) is 16.7. The molecule has 4 nitrogen and oxygen atoms in total. The Morgan fingerprint density at radius 2 is 1.75 bits per heavy atom. The van der Waals surface area contributed by atoms with Gasteiger partial charge in [-0.1, -0.05) is 29.3 Å². The molecule has 1 aliphatic heterocycles. The summed E-state index contributed by atoms with van der Waals surface area (Å²) in [4.78, 5) is 15.2. The van der Waals surface area contributed by atoms with Gasteiger partial charge in [-0.05, 0) is 25.0 Å². The van der Waals surface area contributed by atoms with Crippen LogP contribution < -0.4 is 4.90 Å². The highest BCUT2D eigenvalue weighted by molar-refractivity contribution is 6.40. The molecule has 0 amide bonds. The predicted octanol–water partition coefficient (Wildman–Crippen LogP) is 4.74. The Balaban J connectivity index is 2.08. The maximum atomic E-state index is 14.6. The first-order chi connectivity index (χ1) is 11.7. The van der Waals surface area contributed by atoms with Gasteiger partial charge in [0.1, 0.15) is 17.2 Å². The maximum Gasteiger partial charge on any atom is 0.181 e. The molecule has 0 radical (unpaired) electrons. The van der Waals surface area contributed by atoms with Crippen LogP contribution in [0.3, 0.4) is 0 Å². The molecule has 122 valence electrons. The number of aromatic nitrogens is 3. The third-order valence-electron chi connectivity index (χ3n) is 4.16. The van der Waals surface area contributed by atoms with Crippen molar-refractivity contribution in [3.63, 3.8) is 0 Å². The van der Waals surface area contributed by atoms with Crippen LogP contribution in [-0.2, 0) is 0 Å². The van der Waals surface area contributed by atoms with Gasteiger partial charge in [-0.3, -0.25) is 0 Å². The highest BCUT2D eigenvalue weighted by atomic mass is 35.5. The summed E-state index contributed by atoms with van der Waals surface area (Å²) in [6.07, 6.45) is 5.22. The van der Waals surface area contributed by atoms with Crippen molar-refractivity contribution in [2.45, 2.75) is 12.8 Å². The van der Waals surface area contributed by atoms with Crippen LogP contribution in [0.25, 0.3) is 22.3 Å². The Kier molecular flexibility index (Phi) is 3.98. The molecule has 0 aliphatic carbocycles. The maximum absolute atomic E-state index is 14.6. The van der Waals surface area contributed by atoms with Gasteiger partial charge in [-0.25, -0.2) is 19.3 Å². The average molecular weight is 363 g/mol. The smallest absolute Gasteiger partial charge is 0.181 e. The largest absolute Gasteiger partial charge is 0.356 e. The summed E-state index contributed by atoms with van der Waals surface area (Å²) in [6.45, 7) is 1.68.